The van der Waals surface area contributed by atoms with E-state index in [1.807, 2.05) is 6.07 Å². The van der Waals surface area contributed by atoms with E-state index < -0.39 is 0 Å². The summed E-state index contributed by atoms with van der Waals surface area (Å²) in [4.78, 5) is 12.2. The molecule has 0 fully saturated rings. The van der Waals surface area contributed by atoms with Crippen LogP contribution >= 0.6 is 22.6 Å². The third kappa shape index (κ3) is 4.71. The molecule has 0 aliphatic heterocycles. The van der Waals surface area contributed by atoms with Crippen LogP contribution < -0.4 is 10.1 Å². The smallest absolute Gasteiger partial charge is 0.230 e. The number of benzene rings is 2. The molecule has 0 bridgehead atoms. The molecule has 6 heteroatoms. The van der Waals surface area contributed by atoms with E-state index in [0.29, 0.717) is 22.6 Å². The maximum atomic E-state index is 12.2. The molecule has 0 aliphatic rings. The summed E-state index contributed by atoms with van der Waals surface area (Å²) >= 11 is 2.06. The van der Waals surface area contributed by atoms with Crippen molar-refractivity contribution in [1.82, 2.24) is 0 Å². The Balaban J connectivity index is 1.91. The molecule has 1 unspecified atom stereocenters. The number of hydrogen-bond donors (Lipinski definition) is 1. The van der Waals surface area contributed by atoms with Crippen LogP contribution in [-0.2, 0) is 4.79 Å². The van der Waals surface area contributed by atoms with Gasteiger partial charge in [-0.2, -0.15) is 10.5 Å². The first-order chi connectivity index (χ1) is 11.5. The van der Waals surface area contributed by atoms with Gasteiger partial charge in [-0.3, -0.25) is 4.79 Å². The number of carbonyl (C=O) groups is 1. The van der Waals surface area contributed by atoms with Crippen LogP contribution in [0.3, 0.4) is 0 Å². The number of hydrogen-bond acceptors (Lipinski definition) is 4. The fourth-order valence-corrected chi connectivity index (χ4v) is 2.51. The van der Waals surface area contributed by atoms with Gasteiger partial charge in [0.25, 0.3) is 0 Å². The topological polar surface area (TPSA) is 85.9 Å². The molecule has 1 N–H and O–H groups in total. The van der Waals surface area contributed by atoms with Gasteiger partial charge < -0.3 is 10.1 Å². The molecule has 0 aliphatic carbocycles. The summed E-state index contributed by atoms with van der Waals surface area (Å²) in [5, 5.41) is 20.5. The van der Waals surface area contributed by atoms with Gasteiger partial charge in [-0.1, -0.05) is 6.92 Å². The number of rotatable bonds is 5. The van der Waals surface area contributed by atoms with E-state index in [1.54, 1.807) is 49.4 Å². The first-order valence-corrected chi connectivity index (χ1v) is 8.25. The van der Waals surface area contributed by atoms with Crippen molar-refractivity contribution in [3.63, 3.8) is 0 Å². The van der Waals surface area contributed by atoms with E-state index in [2.05, 4.69) is 34.0 Å². The van der Waals surface area contributed by atoms with E-state index in [-0.39, 0.29) is 18.4 Å². The predicted octanol–water partition coefficient (Wildman–Crippen LogP) is 3.69. The highest BCUT2D eigenvalue weighted by atomic mass is 127. The molecule has 2 aromatic carbocycles. The van der Waals surface area contributed by atoms with Gasteiger partial charge in [-0.05, 0) is 65.1 Å². The van der Waals surface area contributed by atoms with E-state index in [1.165, 1.54) is 0 Å². The van der Waals surface area contributed by atoms with Crippen molar-refractivity contribution in [1.29, 1.82) is 10.5 Å². The maximum Gasteiger partial charge on any atom is 0.230 e. The number of ether oxygens (including phenoxy) is 1. The molecule has 1 amide bonds. The van der Waals surface area contributed by atoms with Crippen LogP contribution in [0.2, 0.25) is 0 Å². The van der Waals surface area contributed by atoms with E-state index in [4.69, 9.17) is 15.3 Å². The zero-order valence-electron chi connectivity index (χ0n) is 12.9. The molecule has 24 heavy (non-hydrogen) atoms. The van der Waals surface area contributed by atoms with Gasteiger partial charge in [0.15, 0.2) is 0 Å². The van der Waals surface area contributed by atoms with Crippen LogP contribution in [0.15, 0.2) is 42.5 Å². The fourth-order valence-electron chi connectivity index (χ4n) is 1.87. The second kappa shape index (κ2) is 8.32. The predicted molar refractivity (Wildman–Crippen MR) is 98.3 cm³/mol. The van der Waals surface area contributed by atoms with E-state index >= 15 is 0 Å². The highest BCUT2D eigenvalue weighted by Gasteiger charge is 2.14. The molecule has 0 saturated heterocycles. The summed E-state index contributed by atoms with van der Waals surface area (Å²) in [6, 6.07) is 16.0. The Kier molecular flexibility index (Phi) is 6.16. The van der Waals surface area contributed by atoms with Gasteiger partial charge in [0.2, 0.25) is 5.91 Å². The summed E-state index contributed by atoms with van der Waals surface area (Å²) in [5.41, 5.74) is 1.78. The van der Waals surface area contributed by atoms with Crippen LogP contribution in [0.25, 0.3) is 0 Å². The van der Waals surface area contributed by atoms with E-state index in [0.717, 1.165) is 3.57 Å². The molecule has 0 radical (unpaired) electrons. The zero-order chi connectivity index (χ0) is 17.5. The van der Waals surface area contributed by atoms with Crippen LogP contribution in [-0.4, -0.2) is 12.5 Å². The fraction of sp³-hybridized carbons (Fsp3) is 0.167. The van der Waals surface area contributed by atoms with Crippen molar-refractivity contribution >= 4 is 34.2 Å². The van der Waals surface area contributed by atoms with Crippen LogP contribution in [0.1, 0.15) is 18.1 Å². The Morgan fingerprint density at radius 1 is 1.21 bits per heavy atom. The van der Waals surface area contributed by atoms with Crippen LogP contribution in [0.4, 0.5) is 5.69 Å². The number of nitrogens with zero attached hydrogens (tertiary/aromatic N) is 2. The standard InChI is InChI=1S/C18H14IN3O2/c1-12(11-24-16-6-2-13(9-20)3-7-16)18(23)22-15-5-4-14(10-21)17(19)8-15/h2-8,12H,11H2,1H3,(H,22,23). The van der Waals surface area contributed by atoms with Crippen LogP contribution in [0, 0.1) is 32.2 Å². The molecule has 5 nitrogen and oxygen atoms in total. The lowest BCUT2D eigenvalue weighted by Crippen LogP contribution is -2.25. The van der Waals surface area contributed by atoms with Crippen LogP contribution in [0.5, 0.6) is 5.75 Å². The lowest BCUT2D eigenvalue weighted by atomic mass is 10.1. The number of nitrogens with one attached hydrogen (secondary N) is 1. The minimum Gasteiger partial charge on any atom is -0.493 e. The third-order valence-corrected chi connectivity index (χ3v) is 4.18. The lowest BCUT2D eigenvalue weighted by molar-refractivity contribution is -0.120. The maximum absolute atomic E-state index is 12.2. The highest BCUT2D eigenvalue weighted by molar-refractivity contribution is 14.1. The number of anilines is 1. The first-order valence-electron chi connectivity index (χ1n) is 7.17. The third-order valence-electron chi connectivity index (χ3n) is 3.29. The second-order valence-electron chi connectivity index (χ2n) is 5.14. The Morgan fingerprint density at radius 3 is 2.50 bits per heavy atom. The largest absolute Gasteiger partial charge is 0.493 e. The Bertz CT molecular complexity index is 820. The number of amides is 1. The average molecular weight is 431 g/mol. The van der Waals surface area contributed by atoms with Gasteiger partial charge in [0.05, 0.1) is 29.7 Å². The van der Waals surface area contributed by atoms with Crippen molar-refractivity contribution in [2.45, 2.75) is 6.92 Å². The monoisotopic (exact) mass is 431 g/mol. The number of halogens is 1. The lowest BCUT2D eigenvalue weighted by Gasteiger charge is -2.14. The molecule has 2 aromatic rings. The molecule has 2 rings (SSSR count). The number of carbonyl (C=O) groups excluding carboxylic acids is 1. The van der Waals surface area contributed by atoms with Crippen molar-refractivity contribution in [2.24, 2.45) is 5.92 Å². The quantitative estimate of drug-likeness (QED) is 0.732. The highest BCUT2D eigenvalue weighted by Crippen LogP contribution is 2.18. The summed E-state index contributed by atoms with van der Waals surface area (Å²) in [5.74, 6) is 0.0969. The molecular weight excluding hydrogens is 417 g/mol. The molecule has 0 spiro atoms. The van der Waals surface area contributed by atoms with Gasteiger partial charge in [-0.15, -0.1) is 0 Å². The van der Waals surface area contributed by atoms with Crippen molar-refractivity contribution in [3.05, 3.63) is 57.2 Å². The van der Waals surface area contributed by atoms with Crippen molar-refractivity contribution in [3.8, 4) is 17.9 Å². The molecule has 0 heterocycles. The van der Waals surface area contributed by atoms with Gasteiger partial charge >= 0.3 is 0 Å². The Labute approximate surface area is 154 Å². The number of nitriles is 2. The summed E-state index contributed by atoms with van der Waals surface area (Å²) in [6.45, 7) is 2.00. The summed E-state index contributed by atoms with van der Waals surface area (Å²) in [7, 11) is 0. The second-order valence-corrected chi connectivity index (χ2v) is 6.31. The normalized spacial score (nSPS) is 11.0. The summed E-state index contributed by atoms with van der Waals surface area (Å²) in [6.07, 6.45) is 0. The van der Waals surface area contributed by atoms with Gasteiger partial charge in [0.1, 0.15) is 11.8 Å². The van der Waals surface area contributed by atoms with Gasteiger partial charge in [0, 0.05) is 9.26 Å². The summed E-state index contributed by atoms with van der Waals surface area (Å²) < 4.78 is 6.36. The zero-order valence-corrected chi connectivity index (χ0v) is 15.1. The minimum atomic E-state index is -0.353. The molecule has 0 saturated carbocycles. The van der Waals surface area contributed by atoms with Gasteiger partial charge in [-0.25, -0.2) is 0 Å². The van der Waals surface area contributed by atoms with Crippen molar-refractivity contribution in [2.75, 3.05) is 11.9 Å². The minimum absolute atomic E-state index is 0.163. The Hall–Kier alpha value is -2.58. The first kappa shape index (κ1) is 17.8. The average Bonchev–Trinajstić information content (AvgIpc) is 2.60. The molecule has 0 aromatic heterocycles. The Morgan fingerprint density at radius 2 is 1.92 bits per heavy atom. The molecule has 1 atom stereocenters. The molecular formula is C18H14IN3O2. The van der Waals surface area contributed by atoms with Crippen molar-refractivity contribution < 1.29 is 9.53 Å². The van der Waals surface area contributed by atoms with E-state index in [9.17, 15) is 4.79 Å². The SMILES string of the molecule is CC(COc1ccc(C#N)cc1)C(=O)Nc1ccc(C#N)c(I)c1. The molecule has 120 valence electrons.